The van der Waals surface area contributed by atoms with Crippen molar-refractivity contribution in [2.24, 2.45) is 5.41 Å². The molecule has 0 saturated carbocycles. The third-order valence-corrected chi connectivity index (χ3v) is 4.40. The largest absolute Gasteiger partial charge is 0.495 e. The number of nitriles is 1. The van der Waals surface area contributed by atoms with Gasteiger partial charge in [0.25, 0.3) is 0 Å². The maximum atomic E-state index is 12.1. The van der Waals surface area contributed by atoms with Gasteiger partial charge in [-0.3, -0.25) is 4.79 Å². The van der Waals surface area contributed by atoms with Gasteiger partial charge >= 0.3 is 7.12 Å². The lowest BCUT2D eigenvalue weighted by Gasteiger charge is -2.32. The van der Waals surface area contributed by atoms with Crippen LogP contribution in [0.1, 0.15) is 41.5 Å². The molecule has 23 heavy (non-hydrogen) atoms. The van der Waals surface area contributed by atoms with Crippen LogP contribution in [0.25, 0.3) is 0 Å². The van der Waals surface area contributed by atoms with Gasteiger partial charge in [0.2, 0.25) is 5.91 Å². The molecule has 0 bridgehead atoms. The highest BCUT2D eigenvalue weighted by molar-refractivity contribution is 6.62. The Hall–Kier alpha value is -1.91. The smallest absolute Gasteiger partial charge is 0.399 e. The molecule has 1 aliphatic rings. The summed E-state index contributed by atoms with van der Waals surface area (Å²) in [6.45, 7) is 11.0. The lowest BCUT2D eigenvalue weighted by molar-refractivity contribution is -0.121. The summed E-state index contributed by atoms with van der Waals surface area (Å²) >= 11 is 0. The fourth-order valence-corrected chi connectivity index (χ4v) is 1.96. The number of hydrogen-bond acceptors (Lipinski definition) is 5. The fraction of sp³-hybridized carbons (Fsp3) is 0.562. The van der Waals surface area contributed by atoms with E-state index in [4.69, 9.17) is 14.6 Å². The van der Waals surface area contributed by atoms with Gasteiger partial charge in [-0.15, -0.1) is 0 Å². The molecule has 7 heteroatoms. The van der Waals surface area contributed by atoms with E-state index < -0.39 is 29.6 Å². The van der Waals surface area contributed by atoms with Crippen molar-refractivity contribution in [3.8, 4) is 6.07 Å². The Bertz CT molecular complexity index is 649. The van der Waals surface area contributed by atoms with Crippen LogP contribution in [0.4, 0.5) is 5.82 Å². The first kappa shape index (κ1) is 17.4. The van der Waals surface area contributed by atoms with Crippen molar-refractivity contribution in [1.29, 1.82) is 5.26 Å². The van der Waals surface area contributed by atoms with Gasteiger partial charge < -0.3 is 14.6 Å². The zero-order chi connectivity index (χ0) is 17.5. The van der Waals surface area contributed by atoms with Crippen LogP contribution in [0.15, 0.2) is 18.3 Å². The Labute approximate surface area is 137 Å². The predicted molar refractivity (Wildman–Crippen MR) is 88.0 cm³/mol. The lowest BCUT2D eigenvalue weighted by atomic mass is 9.79. The molecule has 0 aromatic carbocycles. The molecule has 1 saturated heterocycles. The van der Waals surface area contributed by atoms with Crippen LogP contribution in [0.2, 0.25) is 0 Å². The third kappa shape index (κ3) is 3.38. The van der Waals surface area contributed by atoms with Gasteiger partial charge in [0.1, 0.15) is 11.2 Å². The number of anilines is 1. The van der Waals surface area contributed by atoms with Crippen LogP contribution in [0.5, 0.6) is 0 Å². The fourth-order valence-electron chi connectivity index (χ4n) is 1.96. The molecule has 1 aromatic heterocycles. The summed E-state index contributed by atoms with van der Waals surface area (Å²) in [5, 5.41) is 11.7. The average Bonchev–Trinajstić information content (AvgIpc) is 2.68. The number of pyridine rings is 1. The summed E-state index contributed by atoms with van der Waals surface area (Å²) in [4.78, 5) is 16.2. The number of nitrogens with one attached hydrogen (secondary N) is 1. The van der Waals surface area contributed by atoms with Crippen LogP contribution in [0.3, 0.4) is 0 Å². The molecule has 1 aliphatic heterocycles. The molecule has 0 unspecified atom stereocenters. The molecule has 2 heterocycles. The summed E-state index contributed by atoms with van der Waals surface area (Å²) in [5.74, 6) is -0.0379. The molecule has 0 radical (unpaired) electrons. The standard InChI is InChI=1S/C16H22BN3O3/c1-14(2,10-18)13(21)20-12-9-11(7-8-19-12)17-22-15(3,4)16(5,6)23-17/h7-9H,1-6H3,(H,19,20,21). The highest BCUT2D eigenvalue weighted by Gasteiger charge is 2.51. The molecule has 1 fully saturated rings. The van der Waals surface area contributed by atoms with Gasteiger partial charge in [0.15, 0.2) is 0 Å². The highest BCUT2D eigenvalue weighted by atomic mass is 16.7. The van der Waals surface area contributed by atoms with Crippen molar-refractivity contribution >= 4 is 24.3 Å². The summed E-state index contributed by atoms with van der Waals surface area (Å²) < 4.78 is 12.0. The first-order chi connectivity index (χ1) is 10.5. The normalized spacial score (nSPS) is 19.3. The van der Waals surface area contributed by atoms with Gasteiger partial charge in [-0.1, -0.05) is 0 Å². The van der Waals surface area contributed by atoms with Gasteiger partial charge in [-0.05, 0) is 59.1 Å². The highest BCUT2D eigenvalue weighted by Crippen LogP contribution is 2.36. The molecule has 0 aliphatic carbocycles. The number of hydrogen-bond donors (Lipinski definition) is 1. The van der Waals surface area contributed by atoms with E-state index in [9.17, 15) is 4.79 Å². The topological polar surface area (TPSA) is 84.2 Å². The van der Waals surface area contributed by atoms with Crippen molar-refractivity contribution in [2.45, 2.75) is 52.7 Å². The van der Waals surface area contributed by atoms with Crippen molar-refractivity contribution in [2.75, 3.05) is 5.32 Å². The van der Waals surface area contributed by atoms with E-state index in [2.05, 4.69) is 10.3 Å². The van der Waals surface area contributed by atoms with Crippen LogP contribution in [-0.4, -0.2) is 29.2 Å². The number of aromatic nitrogens is 1. The predicted octanol–water partition coefficient (Wildman–Crippen LogP) is 1.87. The number of rotatable bonds is 3. The Morgan fingerprint density at radius 3 is 2.39 bits per heavy atom. The van der Waals surface area contributed by atoms with E-state index in [1.165, 1.54) is 0 Å². The Morgan fingerprint density at radius 1 is 1.30 bits per heavy atom. The summed E-state index contributed by atoms with van der Waals surface area (Å²) in [6, 6.07) is 5.45. The van der Waals surface area contributed by atoms with E-state index >= 15 is 0 Å². The average molecular weight is 315 g/mol. The lowest BCUT2D eigenvalue weighted by Crippen LogP contribution is -2.41. The molecule has 0 atom stereocenters. The van der Waals surface area contributed by atoms with Crippen LogP contribution in [-0.2, 0) is 14.1 Å². The van der Waals surface area contributed by atoms with Crippen molar-refractivity contribution in [3.63, 3.8) is 0 Å². The number of amides is 1. The molecule has 122 valence electrons. The molecular formula is C16H22BN3O3. The van der Waals surface area contributed by atoms with Crippen LogP contribution < -0.4 is 10.8 Å². The first-order valence-electron chi connectivity index (χ1n) is 7.53. The van der Waals surface area contributed by atoms with Gasteiger partial charge in [-0.25, -0.2) is 4.98 Å². The molecule has 6 nitrogen and oxygen atoms in total. The van der Waals surface area contributed by atoms with Crippen molar-refractivity contribution < 1.29 is 14.1 Å². The molecule has 0 spiro atoms. The Morgan fingerprint density at radius 2 is 1.87 bits per heavy atom. The summed E-state index contributed by atoms with van der Waals surface area (Å²) in [7, 11) is -0.525. The van der Waals surface area contributed by atoms with Gasteiger partial charge in [0.05, 0.1) is 17.3 Å². The molecular weight excluding hydrogens is 293 g/mol. The minimum absolute atomic E-state index is 0.366. The number of carbonyl (C=O) groups is 1. The van der Waals surface area contributed by atoms with E-state index in [1.54, 1.807) is 32.2 Å². The summed E-state index contributed by atoms with van der Waals surface area (Å²) in [6.07, 6.45) is 1.58. The van der Waals surface area contributed by atoms with E-state index in [-0.39, 0.29) is 0 Å². The van der Waals surface area contributed by atoms with Crippen molar-refractivity contribution in [3.05, 3.63) is 18.3 Å². The van der Waals surface area contributed by atoms with Crippen LogP contribution >= 0.6 is 0 Å². The second-order valence-corrected chi connectivity index (χ2v) is 7.25. The molecule has 2 rings (SSSR count). The summed E-state index contributed by atoms with van der Waals surface area (Å²) in [5.41, 5.74) is -1.23. The maximum Gasteiger partial charge on any atom is 0.495 e. The van der Waals surface area contributed by atoms with E-state index in [0.717, 1.165) is 5.46 Å². The first-order valence-corrected chi connectivity index (χ1v) is 7.53. The monoisotopic (exact) mass is 315 g/mol. The zero-order valence-corrected chi connectivity index (χ0v) is 14.4. The number of carbonyl (C=O) groups excluding carboxylic acids is 1. The van der Waals surface area contributed by atoms with E-state index in [0.29, 0.717) is 5.82 Å². The van der Waals surface area contributed by atoms with Gasteiger partial charge in [-0.2, -0.15) is 5.26 Å². The second kappa shape index (κ2) is 5.62. The minimum Gasteiger partial charge on any atom is -0.399 e. The van der Waals surface area contributed by atoms with E-state index in [1.807, 2.05) is 33.8 Å². The quantitative estimate of drug-likeness (QED) is 0.861. The second-order valence-electron chi connectivity index (χ2n) is 7.25. The van der Waals surface area contributed by atoms with Gasteiger partial charge in [0, 0.05) is 6.20 Å². The molecule has 1 N–H and O–H groups in total. The minimum atomic E-state index is -1.12. The van der Waals surface area contributed by atoms with Crippen molar-refractivity contribution in [1.82, 2.24) is 4.98 Å². The maximum absolute atomic E-state index is 12.1. The SMILES string of the molecule is CC(C)(C#N)C(=O)Nc1cc(B2OC(C)(C)C(C)(C)O2)ccn1. The third-order valence-electron chi connectivity index (χ3n) is 4.40. The molecule has 1 amide bonds. The van der Waals surface area contributed by atoms with Crippen LogP contribution in [0, 0.1) is 16.7 Å². The molecule has 1 aromatic rings. The Balaban J connectivity index is 2.19. The number of nitrogens with zero attached hydrogens (tertiary/aromatic N) is 2. The Kier molecular flexibility index (Phi) is 4.27. The zero-order valence-electron chi connectivity index (χ0n) is 14.4.